The summed E-state index contributed by atoms with van der Waals surface area (Å²) in [5, 5.41) is 9.62. The number of ether oxygens (including phenoxy) is 2. The van der Waals surface area contributed by atoms with Crippen LogP contribution < -0.4 is 16.2 Å². The first-order chi connectivity index (χ1) is 12.3. The lowest BCUT2D eigenvalue weighted by molar-refractivity contribution is -0.141. The van der Waals surface area contributed by atoms with Gasteiger partial charge in [-0.2, -0.15) is 4.98 Å². The summed E-state index contributed by atoms with van der Waals surface area (Å²) < 4.78 is 11.9. The Labute approximate surface area is 155 Å². The molecule has 3 heterocycles. The van der Waals surface area contributed by atoms with Gasteiger partial charge in [0.1, 0.15) is 10.1 Å². The van der Waals surface area contributed by atoms with Crippen molar-refractivity contribution in [1.82, 2.24) is 14.5 Å². The molecule has 4 atom stereocenters. The van der Waals surface area contributed by atoms with Crippen molar-refractivity contribution in [3.63, 3.8) is 0 Å². The number of methoxy groups -OCH3 is 1. The molecule has 1 saturated heterocycles. The van der Waals surface area contributed by atoms with Crippen molar-refractivity contribution in [2.45, 2.75) is 42.8 Å². The topological polar surface area (TPSA) is 150 Å². The number of aromatic amines is 1. The van der Waals surface area contributed by atoms with Crippen molar-refractivity contribution in [3.8, 4) is 0 Å². The number of nitrogens with two attached hydrogens (primary N) is 1. The minimum absolute atomic E-state index is 0.0266. The summed E-state index contributed by atoms with van der Waals surface area (Å²) in [6, 6.07) is 0. The van der Waals surface area contributed by atoms with E-state index in [1.54, 1.807) is 6.92 Å². The van der Waals surface area contributed by atoms with Crippen molar-refractivity contribution in [2.24, 2.45) is 0 Å². The zero-order valence-corrected chi connectivity index (χ0v) is 15.6. The number of fused-ring (bicyclic) bond motifs is 1. The van der Waals surface area contributed by atoms with Crippen LogP contribution in [0, 0.1) is 0 Å². The number of H-pyrrole nitrogens is 1. The second-order valence-electron chi connectivity index (χ2n) is 5.67. The molecule has 1 aliphatic rings. The molecule has 3 rings (SSSR count). The van der Waals surface area contributed by atoms with Gasteiger partial charge >= 0.3 is 10.8 Å². The lowest BCUT2D eigenvalue weighted by Crippen LogP contribution is -2.29. The third-order valence-electron chi connectivity index (χ3n) is 3.97. The molecule has 0 spiro atoms. The molecule has 1 aliphatic heterocycles. The third kappa shape index (κ3) is 3.37. The van der Waals surface area contributed by atoms with E-state index < -0.39 is 39.4 Å². The molecule has 0 amide bonds. The molecule has 2 aromatic rings. The summed E-state index contributed by atoms with van der Waals surface area (Å²) in [4.78, 5) is 42.2. The predicted octanol–water partition coefficient (Wildman–Crippen LogP) is 0.0192. The van der Waals surface area contributed by atoms with Crippen molar-refractivity contribution in [2.75, 3.05) is 12.8 Å². The molecular weight excluding hydrogens is 384 g/mol. The normalized spacial score (nSPS) is 24.0. The van der Waals surface area contributed by atoms with Gasteiger partial charge < -0.3 is 20.3 Å². The van der Waals surface area contributed by atoms with E-state index in [2.05, 4.69) is 9.97 Å². The van der Waals surface area contributed by atoms with Crippen LogP contribution in [0.1, 0.15) is 26.0 Å². The Balaban J connectivity index is 2.08. The Morgan fingerprint density at radius 1 is 1.54 bits per heavy atom. The Bertz CT molecular complexity index is 938. The van der Waals surface area contributed by atoms with E-state index in [0.29, 0.717) is 6.42 Å². The van der Waals surface area contributed by atoms with Gasteiger partial charge in [0.05, 0.1) is 24.9 Å². The quantitative estimate of drug-likeness (QED) is 0.588. The summed E-state index contributed by atoms with van der Waals surface area (Å²) in [5.74, 6) is -0.602. The minimum atomic E-state index is -0.889. The van der Waals surface area contributed by atoms with Gasteiger partial charge in [-0.3, -0.25) is 23.9 Å². The molecule has 26 heavy (non-hydrogen) atoms. The molecule has 2 aromatic heterocycles. The van der Waals surface area contributed by atoms with Crippen LogP contribution in [-0.4, -0.2) is 49.5 Å². The molecule has 10 nitrogen and oxygen atoms in total. The number of aromatic nitrogens is 3. The number of hydrogen-bond donors (Lipinski definition) is 3. The van der Waals surface area contributed by atoms with E-state index in [1.807, 2.05) is 0 Å². The number of anilines is 1. The maximum atomic E-state index is 12.5. The number of aliphatic hydroxyl groups is 1. The van der Waals surface area contributed by atoms with Gasteiger partial charge in [-0.05, 0) is 6.42 Å². The van der Waals surface area contributed by atoms with E-state index in [9.17, 15) is 19.5 Å². The first kappa shape index (κ1) is 18.9. The van der Waals surface area contributed by atoms with E-state index in [0.717, 1.165) is 11.3 Å². The SMILES string of the molecule is CC[C@H](O)C1O[C@@H](n2c(=O)sc3c(=O)[nH]c(N)nc32)[C@H](CC(=O)OC)S1. The summed E-state index contributed by atoms with van der Waals surface area (Å²) in [7, 11) is 1.27. The number of thioether (sulfide) groups is 1. The average molecular weight is 402 g/mol. The molecule has 12 heteroatoms. The number of nitrogen functional groups attached to an aromatic ring is 1. The van der Waals surface area contributed by atoms with Crippen molar-refractivity contribution in [3.05, 3.63) is 20.0 Å². The second kappa shape index (κ2) is 7.39. The van der Waals surface area contributed by atoms with Gasteiger partial charge in [0, 0.05) is 0 Å². The van der Waals surface area contributed by atoms with Gasteiger partial charge in [0.25, 0.3) is 5.56 Å². The maximum absolute atomic E-state index is 12.5. The minimum Gasteiger partial charge on any atom is -0.469 e. The average Bonchev–Trinajstić information content (AvgIpc) is 3.14. The Hall–Kier alpha value is -1.89. The fraction of sp³-hybridized carbons (Fsp3) is 0.571. The van der Waals surface area contributed by atoms with E-state index in [-0.39, 0.29) is 22.7 Å². The molecule has 1 fully saturated rings. The molecule has 0 bridgehead atoms. The first-order valence-electron chi connectivity index (χ1n) is 7.82. The van der Waals surface area contributed by atoms with Gasteiger partial charge in [-0.1, -0.05) is 18.3 Å². The van der Waals surface area contributed by atoms with Crippen molar-refractivity contribution >= 4 is 45.4 Å². The lowest BCUT2D eigenvalue weighted by Gasteiger charge is -2.18. The van der Waals surface area contributed by atoms with Crippen LogP contribution in [0.4, 0.5) is 5.95 Å². The molecule has 0 aliphatic carbocycles. The van der Waals surface area contributed by atoms with Gasteiger partial charge in [0.2, 0.25) is 5.95 Å². The van der Waals surface area contributed by atoms with Crippen LogP contribution >= 0.6 is 23.1 Å². The lowest BCUT2D eigenvalue weighted by atomic mass is 10.2. The molecule has 0 radical (unpaired) electrons. The Kier molecular flexibility index (Phi) is 5.37. The number of carbonyl (C=O) groups is 1. The largest absolute Gasteiger partial charge is 0.469 e. The summed E-state index contributed by atoms with van der Waals surface area (Å²) in [6.45, 7) is 1.80. The molecule has 1 unspecified atom stereocenters. The molecule has 0 aromatic carbocycles. The highest BCUT2D eigenvalue weighted by Gasteiger charge is 2.42. The maximum Gasteiger partial charge on any atom is 0.311 e. The first-order valence-corrected chi connectivity index (χ1v) is 9.58. The standard InChI is InChI=1S/C14H18N4O6S2/c1-3-5(19)12-24-11(6(25-12)4-7(20)23-2)18-9-8(26-14(18)22)10(21)17-13(15)16-9/h5-6,11-12,19H,3-4H2,1-2H3,(H3,15,16,17,21)/t5-,6-,11+,12?/m0/s1. The molecule has 4 N–H and O–H groups in total. The van der Waals surface area contributed by atoms with Gasteiger partial charge in [0.15, 0.2) is 11.9 Å². The fourth-order valence-corrected chi connectivity index (χ4v) is 4.96. The van der Waals surface area contributed by atoms with Crippen LogP contribution in [0.3, 0.4) is 0 Å². The number of rotatable bonds is 5. The Morgan fingerprint density at radius 3 is 2.92 bits per heavy atom. The van der Waals surface area contributed by atoms with Crippen molar-refractivity contribution < 1.29 is 19.4 Å². The van der Waals surface area contributed by atoms with Crippen LogP contribution in [0.5, 0.6) is 0 Å². The smallest absolute Gasteiger partial charge is 0.311 e. The third-order valence-corrected chi connectivity index (χ3v) is 6.36. The summed E-state index contributed by atoms with van der Waals surface area (Å²) in [5.41, 5.74) is 4.55. The van der Waals surface area contributed by atoms with Crippen LogP contribution in [-0.2, 0) is 14.3 Å². The second-order valence-corrected chi connectivity index (χ2v) is 7.97. The molecular formula is C14H18N4O6S2. The summed E-state index contributed by atoms with van der Waals surface area (Å²) >= 11 is 1.97. The van der Waals surface area contributed by atoms with E-state index in [1.165, 1.54) is 23.4 Å². The number of thiazole rings is 1. The highest BCUT2D eigenvalue weighted by atomic mass is 32.2. The number of nitrogens with one attached hydrogen (secondary N) is 1. The number of nitrogens with zero attached hydrogens (tertiary/aromatic N) is 2. The molecule has 0 saturated carbocycles. The number of esters is 1. The van der Waals surface area contributed by atoms with Crippen LogP contribution in [0.2, 0.25) is 0 Å². The van der Waals surface area contributed by atoms with E-state index in [4.69, 9.17) is 15.2 Å². The van der Waals surface area contributed by atoms with Gasteiger partial charge in [-0.25, -0.2) is 0 Å². The van der Waals surface area contributed by atoms with Gasteiger partial charge in [-0.15, -0.1) is 11.8 Å². The number of carbonyl (C=O) groups excluding carboxylic acids is 1. The monoisotopic (exact) mass is 402 g/mol. The van der Waals surface area contributed by atoms with Crippen LogP contribution in [0.15, 0.2) is 9.59 Å². The molecule has 142 valence electrons. The predicted molar refractivity (Wildman–Crippen MR) is 97.1 cm³/mol. The number of aliphatic hydroxyl groups excluding tert-OH is 1. The van der Waals surface area contributed by atoms with Crippen molar-refractivity contribution in [1.29, 1.82) is 0 Å². The van der Waals surface area contributed by atoms with Crippen LogP contribution in [0.25, 0.3) is 10.3 Å². The number of hydrogen-bond acceptors (Lipinski definition) is 10. The highest BCUT2D eigenvalue weighted by molar-refractivity contribution is 8.00. The van der Waals surface area contributed by atoms with E-state index >= 15 is 0 Å². The fourth-order valence-electron chi connectivity index (χ4n) is 2.66. The highest BCUT2D eigenvalue weighted by Crippen LogP contribution is 2.43. The zero-order chi connectivity index (χ0) is 19.0. The Morgan fingerprint density at radius 2 is 2.27 bits per heavy atom. The zero-order valence-electron chi connectivity index (χ0n) is 14.0. The summed E-state index contributed by atoms with van der Waals surface area (Å²) in [6.07, 6.45) is -1.24.